The number of nitrogens with zero attached hydrogens (tertiary/aromatic N) is 2. The Morgan fingerprint density at radius 2 is 1.69 bits per heavy atom. The number of methoxy groups -OCH3 is 2. The van der Waals surface area contributed by atoms with Gasteiger partial charge < -0.3 is 25.0 Å². The van der Waals surface area contributed by atoms with Crippen molar-refractivity contribution in [2.45, 2.75) is 19.4 Å². The highest BCUT2D eigenvalue weighted by Gasteiger charge is 2.14. The van der Waals surface area contributed by atoms with E-state index in [1.165, 1.54) is 16.7 Å². The van der Waals surface area contributed by atoms with Gasteiger partial charge in [-0.2, -0.15) is 0 Å². The summed E-state index contributed by atoms with van der Waals surface area (Å²) >= 11 is 0. The van der Waals surface area contributed by atoms with Crippen molar-refractivity contribution in [3.63, 3.8) is 0 Å². The Hall–Kier alpha value is -2.73. The van der Waals surface area contributed by atoms with Gasteiger partial charge in [0.1, 0.15) is 0 Å². The average molecular weight is 399 g/mol. The summed E-state index contributed by atoms with van der Waals surface area (Å²) in [6.45, 7) is 3.65. The van der Waals surface area contributed by atoms with Gasteiger partial charge in [-0.15, -0.1) is 0 Å². The third-order valence-corrected chi connectivity index (χ3v) is 4.93. The number of likely N-dealkylation sites (N-methyl/N-ethyl adjacent to an activating group) is 1. The van der Waals surface area contributed by atoms with Crippen LogP contribution in [0.4, 0.5) is 0 Å². The maximum absolute atomic E-state index is 5.38. The molecule has 158 valence electrons. The molecular weight excluding hydrogens is 364 g/mol. The first-order chi connectivity index (χ1) is 14.0. The van der Waals surface area contributed by atoms with Gasteiger partial charge in [0.2, 0.25) is 0 Å². The van der Waals surface area contributed by atoms with Crippen LogP contribution in [0, 0.1) is 6.92 Å². The Kier molecular flexibility index (Phi) is 8.80. The SMILES string of the molecule is CN=C(NCCc1ccc(OC)c(OC)c1)NCC(c1ccc(C)cc1)N(C)C. The number of aryl methyl sites for hydroxylation is 1. The molecule has 6 heteroatoms. The standard InChI is InChI=1S/C23H34N4O2/c1-17-7-10-19(11-8-17)20(27(3)4)16-26-23(24-2)25-14-13-18-9-12-21(28-5)22(15-18)29-6/h7-12,15,20H,13-14,16H2,1-6H3,(H2,24,25,26). The molecule has 2 N–H and O–H groups in total. The van der Waals surface area contributed by atoms with E-state index in [1.54, 1.807) is 21.3 Å². The number of rotatable bonds is 9. The molecule has 2 aromatic carbocycles. The van der Waals surface area contributed by atoms with E-state index in [1.807, 2.05) is 12.1 Å². The summed E-state index contributed by atoms with van der Waals surface area (Å²) in [7, 11) is 9.29. The molecule has 0 heterocycles. The van der Waals surface area contributed by atoms with E-state index in [0.717, 1.165) is 37.0 Å². The average Bonchev–Trinajstić information content (AvgIpc) is 2.73. The van der Waals surface area contributed by atoms with E-state index >= 15 is 0 Å². The minimum Gasteiger partial charge on any atom is -0.493 e. The molecular formula is C23H34N4O2. The van der Waals surface area contributed by atoms with Crippen LogP contribution in [0.3, 0.4) is 0 Å². The van der Waals surface area contributed by atoms with Crippen molar-refractivity contribution in [3.8, 4) is 11.5 Å². The summed E-state index contributed by atoms with van der Waals surface area (Å²) in [4.78, 5) is 6.57. The van der Waals surface area contributed by atoms with Crippen LogP contribution >= 0.6 is 0 Å². The lowest BCUT2D eigenvalue weighted by Gasteiger charge is -2.26. The zero-order valence-corrected chi connectivity index (χ0v) is 18.5. The predicted octanol–water partition coefficient (Wildman–Crippen LogP) is 3.02. The fourth-order valence-electron chi connectivity index (χ4n) is 3.16. The van der Waals surface area contributed by atoms with Crippen LogP contribution in [-0.4, -0.2) is 59.3 Å². The van der Waals surface area contributed by atoms with Crippen molar-refractivity contribution in [1.82, 2.24) is 15.5 Å². The fourth-order valence-corrected chi connectivity index (χ4v) is 3.16. The molecule has 0 spiro atoms. The van der Waals surface area contributed by atoms with Crippen molar-refractivity contribution < 1.29 is 9.47 Å². The van der Waals surface area contributed by atoms with Crippen molar-refractivity contribution in [1.29, 1.82) is 0 Å². The number of aliphatic imine (C=N–C) groups is 1. The second-order valence-corrected chi connectivity index (χ2v) is 7.21. The number of nitrogens with one attached hydrogen (secondary N) is 2. The molecule has 29 heavy (non-hydrogen) atoms. The monoisotopic (exact) mass is 398 g/mol. The third kappa shape index (κ3) is 6.68. The predicted molar refractivity (Wildman–Crippen MR) is 120 cm³/mol. The van der Waals surface area contributed by atoms with Crippen molar-refractivity contribution in [2.75, 3.05) is 48.5 Å². The van der Waals surface area contributed by atoms with Gasteiger partial charge in [0.25, 0.3) is 0 Å². The van der Waals surface area contributed by atoms with E-state index < -0.39 is 0 Å². The Morgan fingerprint density at radius 3 is 2.28 bits per heavy atom. The summed E-state index contributed by atoms with van der Waals surface area (Å²) in [6.07, 6.45) is 0.857. The van der Waals surface area contributed by atoms with E-state index in [0.29, 0.717) is 0 Å². The summed E-state index contributed by atoms with van der Waals surface area (Å²) in [5.74, 6) is 2.29. The van der Waals surface area contributed by atoms with E-state index in [-0.39, 0.29) is 6.04 Å². The maximum Gasteiger partial charge on any atom is 0.191 e. The Labute approximate surface area is 174 Å². The van der Waals surface area contributed by atoms with Crippen LogP contribution in [0.5, 0.6) is 11.5 Å². The van der Waals surface area contributed by atoms with Crippen molar-refractivity contribution in [2.24, 2.45) is 4.99 Å². The third-order valence-electron chi connectivity index (χ3n) is 4.93. The Balaban J connectivity index is 1.89. The molecule has 1 atom stereocenters. The van der Waals surface area contributed by atoms with Gasteiger partial charge in [-0.1, -0.05) is 35.9 Å². The zero-order chi connectivity index (χ0) is 21.2. The molecule has 2 aromatic rings. The van der Waals surface area contributed by atoms with Crippen LogP contribution in [0.15, 0.2) is 47.5 Å². The maximum atomic E-state index is 5.38. The molecule has 0 aliphatic rings. The minimum absolute atomic E-state index is 0.264. The van der Waals surface area contributed by atoms with Crippen LogP contribution in [0.1, 0.15) is 22.7 Å². The lowest BCUT2D eigenvalue weighted by Crippen LogP contribution is -2.42. The molecule has 0 saturated carbocycles. The van der Waals surface area contributed by atoms with Crippen LogP contribution in [0.2, 0.25) is 0 Å². The quantitative estimate of drug-likeness (QED) is 0.502. The highest BCUT2D eigenvalue weighted by atomic mass is 16.5. The smallest absolute Gasteiger partial charge is 0.191 e. The molecule has 0 aromatic heterocycles. The molecule has 2 rings (SSSR count). The van der Waals surface area contributed by atoms with E-state index in [4.69, 9.17) is 9.47 Å². The topological polar surface area (TPSA) is 58.1 Å². The lowest BCUT2D eigenvalue weighted by molar-refractivity contribution is 0.298. The first-order valence-corrected chi connectivity index (χ1v) is 9.87. The van der Waals surface area contributed by atoms with Crippen LogP contribution in [-0.2, 0) is 6.42 Å². The minimum atomic E-state index is 0.264. The number of guanidine groups is 1. The summed E-state index contributed by atoms with van der Waals surface area (Å²) < 4.78 is 10.7. The summed E-state index contributed by atoms with van der Waals surface area (Å²) in [5, 5.41) is 6.83. The number of benzene rings is 2. The van der Waals surface area contributed by atoms with Gasteiger partial charge >= 0.3 is 0 Å². The molecule has 0 bridgehead atoms. The molecule has 0 aliphatic heterocycles. The molecule has 0 radical (unpaired) electrons. The second-order valence-electron chi connectivity index (χ2n) is 7.21. The van der Waals surface area contributed by atoms with Gasteiger partial charge in [0, 0.05) is 20.1 Å². The second kappa shape index (κ2) is 11.3. The van der Waals surface area contributed by atoms with Gasteiger partial charge in [0.05, 0.1) is 20.3 Å². The molecule has 6 nitrogen and oxygen atoms in total. The molecule has 0 fully saturated rings. The first kappa shape index (κ1) is 22.6. The lowest BCUT2D eigenvalue weighted by atomic mass is 10.0. The van der Waals surface area contributed by atoms with Gasteiger partial charge in [-0.3, -0.25) is 4.99 Å². The summed E-state index contributed by atoms with van der Waals surface area (Å²) in [6, 6.07) is 15.0. The van der Waals surface area contributed by atoms with E-state index in [9.17, 15) is 0 Å². The first-order valence-electron chi connectivity index (χ1n) is 9.87. The largest absolute Gasteiger partial charge is 0.493 e. The van der Waals surface area contributed by atoms with Gasteiger partial charge in [0.15, 0.2) is 17.5 Å². The molecule has 1 unspecified atom stereocenters. The zero-order valence-electron chi connectivity index (χ0n) is 18.5. The van der Waals surface area contributed by atoms with E-state index in [2.05, 4.69) is 71.9 Å². The molecule has 0 saturated heterocycles. The van der Waals surface area contributed by atoms with Crippen molar-refractivity contribution in [3.05, 3.63) is 59.2 Å². The number of hydrogen-bond donors (Lipinski definition) is 2. The normalized spacial score (nSPS) is 12.6. The molecule has 0 aliphatic carbocycles. The van der Waals surface area contributed by atoms with Crippen molar-refractivity contribution >= 4 is 5.96 Å². The molecule has 0 amide bonds. The number of ether oxygens (including phenoxy) is 2. The van der Waals surface area contributed by atoms with Crippen LogP contribution in [0.25, 0.3) is 0 Å². The van der Waals surface area contributed by atoms with Gasteiger partial charge in [-0.05, 0) is 50.7 Å². The fraction of sp³-hybridized carbons (Fsp3) is 0.435. The van der Waals surface area contributed by atoms with Gasteiger partial charge in [-0.25, -0.2) is 0 Å². The number of hydrogen-bond acceptors (Lipinski definition) is 4. The highest BCUT2D eigenvalue weighted by Crippen LogP contribution is 2.27. The Morgan fingerprint density at radius 1 is 1.00 bits per heavy atom. The highest BCUT2D eigenvalue weighted by molar-refractivity contribution is 5.79. The Bertz CT molecular complexity index is 788. The summed E-state index contributed by atoms with van der Waals surface area (Å²) in [5.41, 5.74) is 3.73. The van der Waals surface area contributed by atoms with Crippen LogP contribution < -0.4 is 20.1 Å².